The summed E-state index contributed by atoms with van der Waals surface area (Å²) in [5.74, 6) is -0.424. The third-order valence-corrected chi connectivity index (χ3v) is 7.35. The lowest BCUT2D eigenvalue weighted by molar-refractivity contribution is -0.133. The summed E-state index contributed by atoms with van der Waals surface area (Å²) in [6, 6.07) is 19.2. The van der Waals surface area contributed by atoms with Crippen molar-refractivity contribution in [2.24, 2.45) is 0 Å². The van der Waals surface area contributed by atoms with Crippen LogP contribution in [0.15, 0.2) is 72.1 Å². The number of amides is 2. The summed E-state index contributed by atoms with van der Waals surface area (Å²) in [6.45, 7) is 2.07. The lowest BCUT2D eigenvalue weighted by Crippen LogP contribution is -2.63. The second-order valence-corrected chi connectivity index (χ2v) is 9.78. The Kier molecular flexibility index (Phi) is 6.32. The third kappa shape index (κ3) is 4.37. The maximum atomic E-state index is 14.6. The van der Waals surface area contributed by atoms with Crippen LogP contribution in [0.25, 0.3) is 10.6 Å². The molecule has 0 spiro atoms. The number of aromatic nitrogens is 2. The fourth-order valence-corrected chi connectivity index (χ4v) is 5.03. The molecule has 0 radical (unpaired) electrons. The lowest BCUT2D eigenvalue weighted by atomic mass is 9.94. The van der Waals surface area contributed by atoms with Gasteiger partial charge in [0.2, 0.25) is 5.91 Å². The number of nitrogens with zero attached hydrogens (tertiary/aromatic N) is 3. The summed E-state index contributed by atoms with van der Waals surface area (Å²) in [5, 5.41) is 9.53. The molecule has 2 amide bonds. The molecule has 5 rings (SSSR count). The molecule has 7 nitrogen and oxygen atoms in total. The predicted molar refractivity (Wildman–Crippen MR) is 135 cm³/mol. The van der Waals surface area contributed by atoms with Crippen LogP contribution in [0.2, 0.25) is 0 Å². The molecule has 0 saturated carbocycles. The monoisotopic (exact) mass is 504 g/mol. The van der Waals surface area contributed by atoms with Crippen molar-refractivity contribution >= 4 is 23.2 Å². The van der Waals surface area contributed by atoms with Gasteiger partial charge in [0.15, 0.2) is 0 Å². The number of fused-ring (bicyclic) bond motifs is 1. The highest BCUT2D eigenvalue weighted by molar-refractivity contribution is 7.13. The first kappa shape index (κ1) is 23.7. The van der Waals surface area contributed by atoms with Crippen LogP contribution in [0.5, 0.6) is 5.75 Å². The van der Waals surface area contributed by atoms with E-state index in [1.165, 1.54) is 22.3 Å². The summed E-state index contributed by atoms with van der Waals surface area (Å²) >= 11 is 1.52. The number of methoxy groups -OCH3 is 1. The maximum Gasteiger partial charge on any atom is 0.273 e. The van der Waals surface area contributed by atoms with Crippen LogP contribution in [0.1, 0.15) is 28.5 Å². The number of carbonyl (C=O) groups excluding carboxylic acids is 2. The first-order chi connectivity index (χ1) is 17.4. The quantitative estimate of drug-likeness (QED) is 0.402. The van der Waals surface area contributed by atoms with Gasteiger partial charge in [0.05, 0.1) is 25.1 Å². The van der Waals surface area contributed by atoms with Crippen molar-refractivity contribution in [3.63, 3.8) is 0 Å². The molecular weight excluding hydrogens is 479 g/mol. The number of benzene rings is 2. The van der Waals surface area contributed by atoms with E-state index in [4.69, 9.17) is 4.74 Å². The zero-order valence-corrected chi connectivity index (χ0v) is 20.7. The first-order valence-electron chi connectivity index (χ1n) is 11.5. The van der Waals surface area contributed by atoms with Crippen molar-refractivity contribution in [1.29, 1.82) is 0 Å². The van der Waals surface area contributed by atoms with Gasteiger partial charge in [0.1, 0.15) is 28.5 Å². The second kappa shape index (κ2) is 9.58. The molecule has 3 heterocycles. The Balaban J connectivity index is 1.47. The minimum Gasteiger partial charge on any atom is -0.497 e. The van der Waals surface area contributed by atoms with E-state index in [0.29, 0.717) is 17.0 Å². The van der Waals surface area contributed by atoms with E-state index in [2.05, 4.69) is 10.4 Å². The highest BCUT2D eigenvalue weighted by Gasteiger charge is 2.48. The van der Waals surface area contributed by atoms with Gasteiger partial charge in [0.25, 0.3) is 5.91 Å². The van der Waals surface area contributed by atoms with Crippen LogP contribution in [0, 0.1) is 5.82 Å². The van der Waals surface area contributed by atoms with Crippen molar-refractivity contribution in [1.82, 2.24) is 20.0 Å². The van der Waals surface area contributed by atoms with E-state index in [9.17, 15) is 14.0 Å². The molecule has 0 aliphatic carbocycles. The minimum absolute atomic E-state index is 0.0442. The van der Waals surface area contributed by atoms with Crippen LogP contribution in [0.4, 0.5) is 4.39 Å². The molecule has 1 N–H and O–H groups in total. The Morgan fingerprint density at radius 3 is 2.64 bits per heavy atom. The highest BCUT2D eigenvalue weighted by atomic mass is 32.1. The smallest absolute Gasteiger partial charge is 0.273 e. The van der Waals surface area contributed by atoms with Crippen LogP contribution >= 0.6 is 11.3 Å². The molecule has 4 aromatic rings. The molecule has 2 aromatic carbocycles. The molecule has 1 aliphatic rings. The molecule has 1 aliphatic heterocycles. The van der Waals surface area contributed by atoms with Gasteiger partial charge < -0.3 is 15.0 Å². The molecule has 184 valence electrons. The van der Waals surface area contributed by atoms with Gasteiger partial charge in [-0.25, -0.2) is 4.39 Å². The van der Waals surface area contributed by atoms with E-state index in [-0.39, 0.29) is 31.4 Å². The van der Waals surface area contributed by atoms with Gasteiger partial charge in [0, 0.05) is 12.1 Å². The fraction of sp³-hybridized carbons (Fsp3) is 0.222. The Labute approximate surface area is 212 Å². The van der Waals surface area contributed by atoms with Crippen LogP contribution < -0.4 is 10.1 Å². The maximum absolute atomic E-state index is 14.6. The largest absolute Gasteiger partial charge is 0.497 e. The number of halogens is 1. The van der Waals surface area contributed by atoms with E-state index < -0.39 is 11.4 Å². The number of hydrogen-bond donors (Lipinski definition) is 1. The molecule has 0 fully saturated rings. The summed E-state index contributed by atoms with van der Waals surface area (Å²) in [5.41, 5.74) is 0.969. The average Bonchev–Trinajstić information content (AvgIpc) is 3.57. The van der Waals surface area contributed by atoms with Gasteiger partial charge in [-0.1, -0.05) is 36.4 Å². The Morgan fingerprint density at radius 1 is 1.17 bits per heavy atom. The predicted octanol–water partition coefficient (Wildman–Crippen LogP) is 4.49. The number of nitrogens with one attached hydrogen (secondary N) is 1. The third-order valence-electron chi connectivity index (χ3n) is 6.46. The molecule has 2 aromatic heterocycles. The van der Waals surface area contributed by atoms with Crippen molar-refractivity contribution in [2.75, 3.05) is 7.11 Å². The molecule has 36 heavy (non-hydrogen) atoms. The summed E-state index contributed by atoms with van der Waals surface area (Å²) in [6.07, 6.45) is 0. The second-order valence-electron chi connectivity index (χ2n) is 8.84. The lowest BCUT2D eigenvalue weighted by Gasteiger charge is -2.43. The van der Waals surface area contributed by atoms with Crippen molar-refractivity contribution < 1.29 is 18.7 Å². The average molecular weight is 505 g/mol. The zero-order valence-electron chi connectivity index (χ0n) is 19.9. The molecule has 0 unspecified atom stereocenters. The van der Waals surface area contributed by atoms with Crippen molar-refractivity contribution in [3.05, 3.63) is 94.7 Å². The summed E-state index contributed by atoms with van der Waals surface area (Å²) in [4.78, 5) is 29.7. The van der Waals surface area contributed by atoms with Gasteiger partial charge in [-0.05, 0) is 48.2 Å². The fourth-order valence-electron chi connectivity index (χ4n) is 4.35. The standard InChI is InChI=1S/C27H25FN4O3S/c1-27(26(34)29-15-18-9-11-20(35-2)12-10-18)17-32-23(14-22(30-32)24-8-5-13-36-24)25(33)31(27)16-19-6-3-4-7-21(19)28/h3-14H,15-17H2,1-2H3,(H,29,34)/t27-/m0/s1. The van der Waals surface area contributed by atoms with Gasteiger partial charge in [-0.2, -0.15) is 5.10 Å². The molecule has 9 heteroatoms. The number of carbonyl (C=O) groups is 2. The van der Waals surface area contributed by atoms with E-state index in [0.717, 1.165) is 16.2 Å². The molecular formula is C27H25FN4O3S. The van der Waals surface area contributed by atoms with Crippen LogP contribution in [0.3, 0.4) is 0 Å². The van der Waals surface area contributed by atoms with Gasteiger partial charge in [-0.15, -0.1) is 11.3 Å². The summed E-state index contributed by atoms with van der Waals surface area (Å²) in [7, 11) is 1.59. The first-order valence-corrected chi connectivity index (χ1v) is 12.4. The minimum atomic E-state index is -1.29. The normalized spacial score (nSPS) is 17.1. The Morgan fingerprint density at radius 2 is 1.94 bits per heavy atom. The van der Waals surface area contributed by atoms with Crippen molar-refractivity contribution in [2.45, 2.75) is 32.1 Å². The van der Waals surface area contributed by atoms with Gasteiger partial charge >= 0.3 is 0 Å². The number of thiophene rings is 1. The van der Waals surface area contributed by atoms with E-state index in [1.54, 1.807) is 43.0 Å². The van der Waals surface area contributed by atoms with E-state index >= 15 is 0 Å². The summed E-state index contributed by atoms with van der Waals surface area (Å²) < 4.78 is 21.4. The van der Waals surface area contributed by atoms with Crippen LogP contribution in [-0.2, 0) is 24.4 Å². The zero-order chi connectivity index (χ0) is 25.3. The molecule has 0 bridgehead atoms. The van der Waals surface area contributed by atoms with Gasteiger partial charge in [-0.3, -0.25) is 14.3 Å². The molecule has 0 saturated heterocycles. The highest BCUT2D eigenvalue weighted by Crippen LogP contribution is 2.33. The number of hydrogen-bond acceptors (Lipinski definition) is 5. The number of ether oxygens (including phenoxy) is 1. The van der Waals surface area contributed by atoms with Crippen molar-refractivity contribution in [3.8, 4) is 16.3 Å². The Hall–Kier alpha value is -3.98. The molecule has 1 atom stereocenters. The number of rotatable bonds is 7. The topological polar surface area (TPSA) is 76.5 Å². The SMILES string of the molecule is COc1ccc(CNC(=O)[C@]2(C)Cn3nc(-c4cccs4)cc3C(=O)N2Cc2ccccc2F)cc1. The van der Waals surface area contributed by atoms with E-state index in [1.807, 2.05) is 41.8 Å². The van der Waals surface area contributed by atoms with Crippen LogP contribution in [-0.4, -0.2) is 39.1 Å². The Bertz CT molecular complexity index is 1400.